The number of aromatic nitrogens is 2. The molecule has 29 heavy (non-hydrogen) atoms. The molecule has 0 aliphatic heterocycles. The van der Waals surface area contributed by atoms with Gasteiger partial charge in [0.25, 0.3) is 10.0 Å². The minimum absolute atomic E-state index is 0.116. The van der Waals surface area contributed by atoms with Gasteiger partial charge in [0.15, 0.2) is 4.96 Å². The molecule has 0 bridgehead atoms. The first-order valence-electron chi connectivity index (χ1n) is 8.90. The lowest BCUT2D eigenvalue weighted by Gasteiger charge is -2.10. The Kier molecular flexibility index (Phi) is 5.08. The van der Waals surface area contributed by atoms with Crippen LogP contribution >= 0.6 is 11.3 Å². The van der Waals surface area contributed by atoms with Crippen LogP contribution in [-0.2, 0) is 14.8 Å². The number of carbonyl (C=O) groups excluding carboxylic acids is 1. The number of carbonyl (C=O) groups is 1. The lowest BCUT2D eigenvalue weighted by Crippen LogP contribution is -2.13. The van der Waals surface area contributed by atoms with Gasteiger partial charge in [0.05, 0.1) is 10.6 Å². The lowest BCUT2D eigenvalue weighted by atomic mass is 10.1. The van der Waals surface area contributed by atoms with Gasteiger partial charge in [0, 0.05) is 41.1 Å². The largest absolute Gasteiger partial charge is 0.326 e. The number of amides is 1. The molecule has 9 heteroatoms. The maximum Gasteiger partial charge on any atom is 0.261 e. The van der Waals surface area contributed by atoms with Crippen molar-refractivity contribution in [2.24, 2.45) is 0 Å². The summed E-state index contributed by atoms with van der Waals surface area (Å²) in [5.74, 6) is -0.128. The number of nitrogens with one attached hydrogen (secondary N) is 2. The molecule has 0 aliphatic rings. The van der Waals surface area contributed by atoms with Crippen LogP contribution in [0, 0.1) is 0 Å². The van der Waals surface area contributed by atoms with Crippen LogP contribution in [0.15, 0.2) is 71.2 Å². The Labute approximate surface area is 172 Å². The molecule has 2 N–H and O–H groups in total. The summed E-state index contributed by atoms with van der Waals surface area (Å²) in [4.78, 5) is 17.0. The fourth-order valence-electron chi connectivity index (χ4n) is 2.76. The number of rotatable bonds is 6. The average molecular weight is 427 g/mol. The van der Waals surface area contributed by atoms with Gasteiger partial charge >= 0.3 is 0 Å². The van der Waals surface area contributed by atoms with Crippen molar-refractivity contribution in [2.45, 2.75) is 18.2 Å². The van der Waals surface area contributed by atoms with Gasteiger partial charge in [-0.2, -0.15) is 0 Å². The number of sulfonamides is 1. The second-order valence-corrected chi connectivity index (χ2v) is 8.88. The Morgan fingerprint density at radius 1 is 1.07 bits per heavy atom. The number of imidazole rings is 1. The summed E-state index contributed by atoms with van der Waals surface area (Å²) in [6.45, 7) is 1.75. The van der Waals surface area contributed by atoms with E-state index in [-0.39, 0.29) is 10.8 Å². The quantitative estimate of drug-likeness (QED) is 0.483. The summed E-state index contributed by atoms with van der Waals surface area (Å²) in [5.41, 5.74) is 2.74. The third kappa shape index (κ3) is 4.15. The number of thiazole rings is 1. The standard InChI is InChI=1S/C20H18N4O3S2/c1-2-19(25)21-15-7-9-17(10-8-15)29(26,27)23-16-5-3-14(4-6-16)18-13-24-11-12-28-20(24)22-18/h3-13,23H,2H2,1H3,(H,21,25). The van der Waals surface area contributed by atoms with E-state index in [2.05, 4.69) is 15.0 Å². The first kappa shape index (κ1) is 19.2. The van der Waals surface area contributed by atoms with Crippen LogP contribution in [0.2, 0.25) is 0 Å². The summed E-state index contributed by atoms with van der Waals surface area (Å²) >= 11 is 1.55. The van der Waals surface area contributed by atoms with E-state index < -0.39 is 10.0 Å². The van der Waals surface area contributed by atoms with Crippen molar-refractivity contribution in [1.29, 1.82) is 0 Å². The fourth-order valence-corrected chi connectivity index (χ4v) is 4.52. The molecule has 0 spiro atoms. The van der Waals surface area contributed by atoms with Crippen molar-refractivity contribution in [3.05, 3.63) is 66.3 Å². The Morgan fingerprint density at radius 2 is 1.76 bits per heavy atom. The normalized spacial score (nSPS) is 11.5. The zero-order valence-corrected chi connectivity index (χ0v) is 17.1. The highest BCUT2D eigenvalue weighted by Crippen LogP contribution is 2.24. The average Bonchev–Trinajstić information content (AvgIpc) is 3.31. The van der Waals surface area contributed by atoms with Crippen LogP contribution < -0.4 is 10.0 Å². The first-order valence-corrected chi connectivity index (χ1v) is 11.3. The molecule has 0 fully saturated rings. The van der Waals surface area contributed by atoms with Crippen molar-refractivity contribution in [3.8, 4) is 11.3 Å². The van der Waals surface area contributed by atoms with Gasteiger partial charge in [-0.1, -0.05) is 19.1 Å². The minimum Gasteiger partial charge on any atom is -0.326 e. The number of hydrogen-bond acceptors (Lipinski definition) is 5. The second kappa shape index (κ2) is 7.69. The maximum absolute atomic E-state index is 12.6. The maximum atomic E-state index is 12.6. The number of benzene rings is 2. The third-order valence-electron chi connectivity index (χ3n) is 4.30. The van der Waals surface area contributed by atoms with E-state index in [1.165, 1.54) is 12.1 Å². The topological polar surface area (TPSA) is 92.6 Å². The van der Waals surface area contributed by atoms with E-state index in [9.17, 15) is 13.2 Å². The van der Waals surface area contributed by atoms with Gasteiger partial charge in [-0.15, -0.1) is 11.3 Å². The van der Waals surface area contributed by atoms with Crippen molar-refractivity contribution in [2.75, 3.05) is 10.0 Å². The fraction of sp³-hybridized carbons (Fsp3) is 0.100. The molecule has 0 radical (unpaired) electrons. The van der Waals surface area contributed by atoms with E-state index in [1.807, 2.05) is 34.3 Å². The van der Waals surface area contributed by atoms with Crippen LogP contribution in [0.3, 0.4) is 0 Å². The Bertz CT molecular complexity index is 1230. The van der Waals surface area contributed by atoms with Crippen molar-refractivity contribution in [3.63, 3.8) is 0 Å². The second-order valence-electron chi connectivity index (χ2n) is 6.33. The Morgan fingerprint density at radius 3 is 2.41 bits per heavy atom. The van der Waals surface area contributed by atoms with Crippen LogP contribution in [0.4, 0.5) is 11.4 Å². The molecular formula is C20H18N4O3S2. The van der Waals surface area contributed by atoms with Crippen LogP contribution in [0.5, 0.6) is 0 Å². The number of hydrogen-bond donors (Lipinski definition) is 2. The van der Waals surface area contributed by atoms with E-state index in [0.29, 0.717) is 17.8 Å². The van der Waals surface area contributed by atoms with Gasteiger partial charge in [-0.05, 0) is 36.4 Å². The van der Waals surface area contributed by atoms with Gasteiger partial charge < -0.3 is 5.32 Å². The summed E-state index contributed by atoms with van der Waals surface area (Å²) in [6.07, 6.45) is 4.23. The highest BCUT2D eigenvalue weighted by molar-refractivity contribution is 7.92. The summed E-state index contributed by atoms with van der Waals surface area (Å²) in [5, 5.41) is 4.65. The number of anilines is 2. The van der Waals surface area contributed by atoms with Crippen LogP contribution in [0.25, 0.3) is 16.2 Å². The van der Waals surface area contributed by atoms with Crippen LogP contribution in [0.1, 0.15) is 13.3 Å². The molecular weight excluding hydrogens is 408 g/mol. The van der Waals surface area contributed by atoms with Crippen molar-refractivity contribution in [1.82, 2.24) is 9.38 Å². The van der Waals surface area contributed by atoms with E-state index >= 15 is 0 Å². The van der Waals surface area contributed by atoms with Crippen molar-refractivity contribution < 1.29 is 13.2 Å². The zero-order chi connectivity index (χ0) is 20.4. The molecule has 4 rings (SSSR count). The molecule has 2 aromatic carbocycles. The van der Waals surface area contributed by atoms with Gasteiger partial charge in [-0.25, -0.2) is 13.4 Å². The molecule has 2 heterocycles. The van der Waals surface area contributed by atoms with E-state index in [1.54, 1.807) is 42.5 Å². The molecule has 0 atom stereocenters. The summed E-state index contributed by atoms with van der Waals surface area (Å²) in [6, 6.07) is 13.1. The molecule has 2 aromatic heterocycles. The first-order chi connectivity index (χ1) is 13.9. The van der Waals surface area contributed by atoms with E-state index in [0.717, 1.165) is 16.2 Å². The number of fused-ring (bicyclic) bond motifs is 1. The van der Waals surface area contributed by atoms with E-state index in [4.69, 9.17) is 0 Å². The summed E-state index contributed by atoms with van der Waals surface area (Å²) < 4.78 is 29.7. The summed E-state index contributed by atoms with van der Waals surface area (Å²) in [7, 11) is -3.73. The predicted octanol–water partition coefficient (Wildman–Crippen LogP) is 4.21. The van der Waals surface area contributed by atoms with Gasteiger partial charge in [0.2, 0.25) is 5.91 Å². The molecule has 1 amide bonds. The predicted molar refractivity (Wildman–Crippen MR) is 115 cm³/mol. The minimum atomic E-state index is -3.73. The molecule has 7 nitrogen and oxygen atoms in total. The number of nitrogens with zero attached hydrogens (tertiary/aromatic N) is 2. The third-order valence-corrected chi connectivity index (χ3v) is 6.46. The monoisotopic (exact) mass is 426 g/mol. The molecule has 0 unspecified atom stereocenters. The molecule has 148 valence electrons. The van der Waals surface area contributed by atoms with Crippen LogP contribution in [-0.4, -0.2) is 23.7 Å². The molecule has 4 aromatic rings. The highest BCUT2D eigenvalue weighted by Gasteiger charge is 2.15. The lowest BCUT2D eigenvalue weighted by molar-refractivity contribution is -0.115. The Hall–Kier alpha value is -3.17. The smallest absolute Gasteiger partial charge is 0.261 e. The van der Waals surface area contributed by atoms with Crippen molar-refractivity contribution >= 4 is 43.6 Å². The van der Waals surface area contributed by atoms with Gasteiger partial charge in [0.1, 0.15) is 0 Å². The molecule has 0 aliphatic carbocycles. The highest BCUT2D eigenvalue weighted by atomic mass is 32.2. The zero-order valence-electron chi connectivity index (χ0n) is 15.5. The van der Waals surface area contributed by atoms with Gasteiger partial charge in [-0.3, -0.25) is 13.9 Å². The molecule has 0 saturated heterocycles. The Balaban J connectivity index is 1.49. The molecule has 0 saturated carbocycles. The SMILES string of the molecule is CCC(=O)Nc1ccc(S(=O)(=O)Nc2ccc(-c3cn4ccsc4n3)cc2)cc1.